The van der Waals surface area contributed by atoms with Crippen molar-refractivity contribution in [3.8, 4) is 5.75 Å². The van der Waals surface area contributed by atoms with Gasteiger partial charge in [-0.2, -0.15) is 16.9 Å². The lowest BCUT2D eigenvalue weighted by Crippen LogP contribution is -2.31. The van der Waals surface area contributed by atoms with Crippen LogP contribution in [0.15, 0.2) is 36.8 Å². The Bertz CT molecular complexity index is 1140. The van der Waals surface area contributed by atoms with Crippen LogP contribution in [-0.4, -0.2) is 51.2 Å². The molecule has 2 aliphatic rings. The van der Waals surface area contributed by atoms with E-state index in [1.807, 2.05) is 11.8 Å². The van der Waals surface area contributed by atoms with Crippen molar-refractivity contribution >= 4 is 34.7 Å². The minimum absolute atomic E-state index is 0.194. The first-order valence-electron chi connectivity index (χ1n) is 11.3. The summed E-state index contributed by atoms with van der Waals surface area (Å²) < 4.78 is 8.06. The number of piperidine rings is 1. The van der Waals surface area contributed by atoms with Gasteiger partial charge in [-0.1, -0.05) is 0 Å². The van der Waals surface area contributed by atoms with E-state index in [0.717, 1.165) is 67.2 Å². The Labute approximate surface area is 192 Å². The molecule has 0 bridgehead atoms. The van der Waals surface area contributed by atoms with Crippen molar-refractivity contribution in [2.45, 2.75) is 44.6 Å². The molecular formula is C24H29N5O2S. The molecule has 1 amide bonds. The number of hydrogen-bond donors (Lipinski definition) is 1. The number of rotatable bonds is 6. The number of aromatic nitrogens is 3. The maximum absolute atomic E-state index is 13.2. The lowest BCUT2D eigenvalue weighted by Gasteiger charge is -2.31. The second-order valence-corrected chi connectivity index (χ2v) is 9.88. The maximum atomic E-state index is 13.2. The molecule has 1 atom stereocenters. The number of nitrogens with one attached hydrogen (secondary N) is 1. The Balaban J connectivity index is 1.48. The van der Waals surface area contributed by atoms with E-state index in [1.54, 1.807) is 29.2 Å². The number of ether oxygens (including phenoxy) is 1. The van der Waals surface area contributed by atoms with Gasteiger partial charge in [0.1, 0.15) is 16.9 Å². The smallest absolute Gasteiger partial charge is 0.261 e. The Morgan fingerprint density at radius 3 is 2.94 bits per heavy atom. The summed E-state index contributed by atoms with van der Waals surface area (Å²) in [4.78, 5) is 19.9. The molecule has 0 aliphatic carbocycles. The lowest BCUT2D eigenvalue weighted by molar-refractivity contribution is 0.102. The van der Waals surface area contributed by atoms with Gasteiger partial charge in [-0.15, -0.1) is 0 Å². The zero-order valence-corrected chi connectivity index (χ0v) is 19.5. The summed E-state index contributed by atoms with van der Waals surface area (Å²) in [5.41, 5.74) is 3.86. The molecule has 1 fully saturated rings. The summed E-state index contributed by atoms with van der Waals surface area (Å²) >= 11 is 1.84. The normalized spacial score (nSPS) is 20.2. The fourth-order valence-electron chi connectivity index (χ4n) is 4.68. The predicted molar refractivity (Wildman–Crippen MR) is 129 cm³/mol. The third-order valence-electron chi connectivity index (χ3n) is 6.40. The van der Waals surface area contributed by atoms with E-state index in [1.165, 1.54) is 6.42 Å². The van der Waals surface area contributed by atoms with Gasteiger partial charge in [0.05, 0.1) is 17.6 Å². The first kappa shape index (κ1) is 21.1. The third kappa shape index (κ3) is 4.03. The summed E-state index contributed by atoms with van der Waals surface area (Å²) in [5.74, 6) is 1.82. The van der Waals surface area contributed by atoms with Crippen molar-refractivity contribution in [1.29, 1.82) is 0 Å². The Morgan fingerprint density at radius 1 is 1.28 bits per heavy atom. The number of nitrogens with zero attached hydrogens (tertiary/aromatic N) is 4. The molecule has 0 spiro atoms. The zero-order valence-electron chi connectivity index (χ0n) is 18.6. The van der Waals surface area contributed by atoms with Gasteiger partial charge >= 0.3 is 0 Å². The van der Waals surface area contributed by atoms with E-state index in [2.05, 4.69) is 45.6 Å². The van der Waals surface area contributed by atoms with Crippen LogP contribution in [0.2, 0.25) is 0 Å². The molecule has 0 radical (unpaired) electrons. The first-order valence-corrected chi connectivity index (χ1v) is 12.7. The third-order valence-corrected chi connectivity index (χ3v) is 7.02. The largest absolute Gasteiger partial charge is 0.487 e. The van der Waals surface area contributed by atoms with E-state index in [9.17, 15) is 4.79 Å². The summed E-state index contributed by atoms with van der Waals surface area (Å²) in [5, 5.41) is 7.43. The minimum Gasteiger partial charge on any atom is -0.487 e. The maximum Gasteiger partial charge on any atom is 0.261 e. The van der Waals surface area contributed by atoms with Crippen molar-refractivity contribution < 1.29 is 9.53 Å². The molecule has 32 heavy (non-hydrogen) atoms. The minimum atomic E-state index is -0.195. The van der Waals surface area contributed by atoms with Gasteiger partial charge in [-0.05, 0) is 56.7 Å². The molecule has 2 aromatic heterocycles. The standard InChI is InChI=1S/C24H29N5O2S/c1-24(7-12-32-2)15-17-13-19(20(14-21(17)31-24)28-9-4-3-5-10-28)27-23(30)18-16-26-29-11-6-8-25-22(18)29/h6,8,11,13-14,16H,3-5,7,9-10,12,15H2,1-2H3,(H,27,30)/t24-/m0/s1. The second kappa shape index (κ2) is 8.65. The van der Waals surface area contributed by atoms with Crippen LogP contribution in [-0.2, 0) is 6.42 Å². The van der Waals surface area contributed by atoms with Crippen LogP contribution in [0.4, 0.5) is 11.4 Å². The number of fused-ring (bicyclic) bond motifs is 2. The van der Waals surface area contributed by atoms with Gasteiger partial charge in [0.15, 0.2) is 5.65 Å². The van der Waals surface area contributed by atoms with Crippen LogP contribution in [0.25, 0.3) is 5.65 Å². The summed E-state index contributed by atoms with van der Waals surface area (Å²) in [6, 6.07) is 6.04. The molecule has 0 saturated carbocycles. The number of benzene rings is 1. The van der Waals surface area contributed by atoms with Gasteiger partial charge in [0.25, 0.3) is 5.91 Å². The van der Waals surface area contributed by atoms with Crippen LogP contribution in [0.5, 0.6) is 5.75 Å². The SMILES string of the molecule is CSCC[C@@]1(C)Cc2cc(NC(=O)c3cnn4cccnc34)c(N3CCCCC3)cc2O1. The Hall–Kier alpha value is -2.74. The highest BCUT2D eigenvalue weighted by Crippen LogP contribution is 2.43. The Morgan fingerprint density at radius 2 is 2.12 bits per heavy atom. The van der Waals surface area contributed by atoms with Crippen molar-refractivity contribution in [3.05, 3.63) is 47.9 Å². The van der Waals surface area contributed by atoms with E-state index in [0.29, 0.717) is 11.2 Å². The van der Waals surface area contributed by atoms with Crippen LogP contribution in [0.3, 0.4) is 0 Å². The topological polar surface area (TPSA) is 71.8 Å². The van der Waals surface area contributed by atoms with Gasteiger partial charge in [-0.3, -0.25) is 4.79 Å². The van der Waals surface area contributed by atoms with Crippen molar-refractivity contribution in [1.82, 2.24) is 14.6 Å². The zero-order chi connectivity index (χ0) is 22.1. The first-order chi connectivity index (χ1) is 15.6. The summed E-state index contributed by atoms with van der Waals surface area (Å²) in [6.45, 7) is 4.17. The lowest BCUT2D eigenvalue weighted by atomic mass is 9.96. The molecule has 0 unspecified atom stereocenters. The van der Waals surface area contributed by atoms with Crippen molar-refractivity contribution in [2.75, 3.05) is 35.3 Å². The molecule has 8 heteroatoms. The van der Waals surface area contributed by atoms with Crippen LogP contribution < -0.4 is 15.0 Å². The van der Waals surface area contributed by atoms with Crippen LogP contribution in [0.1, 0.15) is 48.5 Å². The highest BCUT2D eigenvalue weighted by atomic mass is 32.2. The predicted octanol–water partition coefficient (Wildman–Crippen LogP) is 4.42. The van der Waals surface area contributed by atoms with Crippen molar-refractivity contribution in [2.24, 2.45) is 0 Å². The van der Waals surface area contributed by atoms with E-state index in [4.69, 9.17) is 4.74 Å². The van der Waals surface area contributed by atoms with Gasteiger partial charge in [0.2, 0.25) is 0 Å². The average Bonchev–Trinajstić information content (AvgIpc) is 3.38. The molecule has 7 nitrogen and oxygen atoms in total. The molecule has 168 valence electrons. The van der Waals surface area contributed by atoms with Gasteiger partial charge in [0, 0.05) is 43.5 Å². The Kier molecular flexibility index (Phi) is 5.71. The fourth-order valence-corrected chi connectivity index (χ4v) is 5.32. The highest BCUT2D eigenvalue weighted by molar-refractivity contribution is 7.98. The number of carbonyl (C=O) groups excluding carboxylic acids is 1. The monoisotopic (exact) mass is 451 g/mol. The van der Waals surface area contributed by atoms with Crippen LogP contribution >= 0.6 is 11.8 Å². The van der Waals surface area contributed by atoms with Gasteiger partial charge in [-0.25, -0.2) is 9.50 Å². The summed E-state index contributed by atoms with van der Waals surface area (Å²) in [7, 11) is 0. The average molecular weight is 452 g/mol. The molecule has 4 heterocycles. The van der Waals surface area contributed by atoms with Crippen molar-refractivity contribution in [3.63, 3.8) is 0 Å². The number of hydrogen-bond acceptors (Lipinski definition) is 6. The number of amides is 1. The van der Waals surface area contributed by atoms with Crippen LogP contribution in [0, 0.1) is 0 Å². The molecule has 2 aliphatic heterocycles. The van der Waals surface area contributed by atoms with E-state index < -0.39 is 0 Å². The molecule has 1 N–H and O–H groups in total. The molecule has 5 rings (SSSR count). The number of anilines is 2. The quantitative estimate of drug-likeness (QED) is 0.598. The summed E-state index contributed by atoms with van der Waals surface area (Å²) in [6.07, 6.45) is 12.6. The number of thioether (sulfide) groups is 1. The van der Waals surface area contributed by atoms with Gasteiger partial charge < -0.3 is 15.0 Å². The molecular weight excluding hydrogens is 422 g/mol. The van der Waals surface area contributed by atoms with E-state index in [-0.39, 0.29) is 11.5 Å². The molecule has 1 aromatic carbocycles. The van der Waals surface area contributed by atoms with E-state index >= 15 is 0 Å². The molecule has 3 aromatic rings. The molecule has 1 saturated heterocycles. The second-order valence-electron chi connectivity index (χ2n) is 8.90. The number of carbonyl (C=O) groups is 1. The fraction of sp³-hybridized carbons (Fsp3) is 0.458. The highest BCUT2D eigenvalue weighted by Gasteiger charge is 2.36.